The van der Waals surface area contributed by atoms with Crippen LogP contribution in [0.25, 0.3) is 0 Å². The van der Waals surface area contributed by atoms with Crippen molar-refractivity contribution in [3.05, 3.63) is 60.2 Å². The third-order valence-electron chi connectivity index (χ3n) is 5.45. The van der Waals surface area contributed by atoms with Crippen molar-refractivity contribution in [3.63, 3.8) is 0 Å². The summed E-state index contributed by atoms with van der Waals surface area (Å²) in [5.41, 5.74) is 1.20. The van der Waals surface area contributed by atoms with E-state index < -0.39 is 28.5 Å². The number of sulfonamides is 1. The van der Waals surface area contributed by atoms with Gasteiger partial charge in [0, 0.05) is 13.1 Å². The van der Waals surface area contributed by atoms with Gasteiger partial charge in [-0.15, -0.1) is 0 Å². The number of rotatable bonds is 13. The summed E-state index contributed by atoms with van der Waals surface area (Å²) in [7, 11) is -2.16. The van der Waals surface area contributed by atoms with E-state index in [0.29, 0.717) is 24.4 Å². The smallest absolute Gasteiger partial charge is 0.244 e. The molecule has 0 radical (unpaired) electrons. The average Bonchev–Trinajstić information content (AvgIpc) is 2.82. The van der Waals surface area contributed by atoms with E-state index in [-0.39, 0.29) is 12.5 Å². The molecule has 2 rings (SSSR count). The number of carbonyl (C=O) groups excluding carboxylic acids is 2. The molecule has 0 bridgehead atoms. The van der Waals surface area contributed by atoms with Crippen LogP contribution < -0.4 is 14.4 Å². The predicted molar refractivity (Wildman–Crippen MR) is 134 cm³/mol. The molecular weight excluding hydrogens is 454 g/mol. The van der Waals surface area contributed by atoms with Gasteiger partial charge in [0.25, 0.3) is 0 Å². The SMILES string of the molecule is CCCCNC(=O)[C@@H](CC)N(Cc1ccc(OC)cc1)C(=O)CN(c1ccccc1)S(C)(=O)=O. The van der Waals surface area contributed by atoms with Crippen LogP contribution in [0, 0.1) is 0 Å². The molecule has 0 aliphatic carbocycles. The van der Waals surface area contributed by atoms with E-state index in [0.717, 1.165) is 29.0 Å². The number of methoxy groups -OCH3 is 1. The molecule has 34 heavy (non-hydrogen) atoms. The fourth-order valence-electron chi connectivity index (χ4n) is 3.56. The molecule has 0 saturated carbocycles. The van der Waals surface area contributed by atoms with Gasteiger partial charge in [-0.25, -0.2) is 8.42 Å². The van der Waals surface area contributed by atoms with Crippen LogP contribution in [-0.4, -0.2) is 57.6 Å². The first-order valence-corrected chi connectivity index (χ1v) is 13.3. The Hall–Kier alpha value is -3.07. The number of hydrogen-bond donors (Lipinski definition) is 1. The van der Waals surface area contributed by atoms with Crippen LogP contribution in [0.1, 0.15) is 38.7 Å². The average molecular weight is 490 g/mol. The van der Waals surface area contributed by atoms with Crippen molar-refractivity contribution in [2.45, 2.75) is 45.7 Å². The summed E-state index contributed by atoms with van der Waals surface area (Å²) in [4.78, 5) is 28.0. The normalized spacial score (nSPS) is 12.0. The Bertz CT molecular complexity index is 1030. The fourth-order valence-corrected chi connectivity index (χ4v) is 4.41. The number of amides is 2. The lowest BCUT2D eigenvalue weighted by atomic mass is 10.1. The Morgan fingerprint density at radius 2 is 1.68 bits per heavy atom. The fraction of sp³-hybridized carbons (Fsp3) is 0.440. The Labute approximate surface area is 202 Å². The van der Waals surface area contributed by atoms with Gasteiger partial charge in [0.05, 0.1) is 19.1 Å². The van der Waals surface area contributed by atoms with E-state index in [1.165, 1.54) is 4.90 Å². The summed E-state index contributed by atoms with van der Waals surface area (Å²) >= 11 is 0. The molecule has 0 spiro atoms. The van der Waals surface area contributed by atoms with Crippen molar-refractivity contribution in [1.82, 2.24) is 10.2 Å². The zero-order valence-corrected chi connectivity index (χ0v) is 21.2. The largest absolute Gasteiger partial charge is 0.497 e. The number of carbonyl (C=O) groups is 2. The van der Waals surface area contributed by atoms with Crippen LogP contribution >= 0.6 is 0 Å². The van der Waals surface area contributed by atoms with Crippen molar-refractivity contribution in [1.29, 1.82) is 0 Å². The highest BCUT2D eigenvalue weighted by Gasteiger charge is 2.31. The molecule has 2 aromatic rings. The molecule has 2 aromatic carbocycles. The maximum Gasteiger partial charge on any atom is 0.244 e. The molecule has 1 atom stereocenters. The van der Waals surface area contributed by atoms with E-state index in [1.807, 2.05) is 26.0 Å². The highest BCUT2D eigenvalue weighted by atomic mass is 32.2. The first kappa shape index (κ1) is 27.2. The summed E-state index contributed by atoms with van der Waals surface area (Å²) in [5, 5.41) is 2.90. The van der Waals surface area contributed by atoms with Gasteiger partial charge in [0.1, 0.15) is 18.3 Å². The lowest BCUT2D eigenvalue weighted by Gasteiger charge is -2.33. The number of anilines is 1. The van der Waals surface area contributed by atoms with Crippen LogP contribution in [0.4, 0.5) is 5.69 Å². The molecule has 0 aliphatic rings. The van der Waals surface area contributed by atoms with E-state index in [9.17, 15) is 18.0 Å². The Balaban J connectivity index is 2.36. The molecular formula is C25H35N3O5S. The topological polar surface area (TPSA) is 96.0 Å². The van der Waals surface area contributed by atoms with Crippen LogP contribution in [0.3, 0.4) is 0 Å². The molecule has 9 heteroatoms. The monoisotopic (exact) mass is 489 g/mol. The molecule has 1 N–H and O–H groups in total. The predicted octanol–water partition coefficient (Wildman–Crippen LogP) is 3.18. The quantitative estimate of drug-likeness (QED) is 0.436. The molecule has 186 valence electrons. The molecule has 0 heterocycles. The zero-order valence-electron chi connectivity index (χ0n) is 20.4. The van der Waals surface area contributed by atoms with Crippen LogP contribution in [0.2, 0.25) is 0 Å². The number of ether oxygens (including phenoxy) is 1. The molecule has 8 nitrogen and oxygen atoms in total. The lowest BCUT2D eigenvalue weighted by Crippen LogP contribution is -2.52. The summed E-state index contributed by atoms with van der Waals surface area (Å²) in [6.07, 6.45) is 3.23. The molecule has 0 fully saturated rings. The minimum absolute atomic E-state index is 0.162. The number of hydrogen-bond acceptors (Lipinski definition) is 5. The Kier molecular flexibility index (Phi) is 10.4. The van der Waals surface area contributed by atoms with Crippen molar-refractivity contribution < 1.29 is 22.7 Å². The van der Waals surface area contributed by atoms with Gasteiger partial charge in [-0.3, -0.25) is 13.9 Å². The third-order valence-corrected chi connectivity index (χ3v) is 6.59. The van der Waals surface area contributed by atoms with Gasteiger partial charge in [0.15, 0.2) is 0 Å². The molecule has 0 unspecified atom stereocenters. The van der Waals surface area contributed by atoms with Crippen molar-refractivity contribution >= 4 is 27.5 Å². The first-order chi connectivity index (χ1) is 16.2. The summed E-state index contributed by atoms with van der Waals surface area (Å²) in [5.74, 6) is -0.0238. The van der Waals surface area contributed by atoms with Gasteiger partial charge in [-0.05, 0) is 42.7 Å². The summed E-state index contributed by atoms with van der Waals surface area (Å²) in [6, 6.07) is 15.0. The highest BCUT2D eigenvalue weighted by molar-refractivity contribution is 7.92. The second-order valence-corrected chi connectivity index (χ2v) is 9.95. The maximum atomic E-state index is 13.6. The second kappa shape index (κ2) is 13.0. The van der Waals surface area contributed by atoms with Crippen LogP contribution in [-0.2, 0) is 26.2 Å². The summed E-state index contributed by atoms with van der Waals surface area (Å²) in [6.45, 7) is 4.15. The van der Waals surface area contributed by atoms with Crippen LogP contribution in [0.5, 0.6) is 5.75 Å². The minimum Gasteiger partial charge on any atom is -0.497 e. The molecule has 0 aliphatic heterocycles. The molecule has 0 aromatic heterocycles. The third kappa shape index (κ3) is 7.76. The van der Waals surface area contributed by atoms with E-state index in [2.05, 4.69) is 5.32 Å². The van der Waals surface area contributed by atoms with Gasteiger partial charge in [-0.2, -0.15) is 0 Å². The first-order valence-electron chi connectivity index (χ1n) is 11.4. The zero-order chi connectivity index (χ0) is 25.1. The number of nitrogens with one attached hydrogen (secondary N) is 1. The van der Waals surface area contributed by atoms with Crippen molar-refractivity contribution in [3.8, 4) is 5.75 Å². The van der Waals surface area contributed by atoms with Crippen molar-refractivity contribution in [2.24, 2.45) is 0 Å². The van der Waals surface area contributed by atoms with Gasteiger partial charge >= 0.3 is 0 Å². The Morgan fingerprint density at radius 3 is 2.21 bits per heavy atom. The minimum atomic E-state index is -3.73. The van der Waals surface area contributed by atoms with E-state index in [1.54, 1.807) is 49.6 Å². The molecule has 0 saturated heterocycles. The maximum absolute atomic E-state index is 13.6. The molecule has 2 amide bonds. The van der Waals surface area contributed by atoms with E-state index in [4.69, 9.17) is 4.74 Å². The number of nitrogens with zero attached hydrogens (tertiary/aromatic N) is 2. The number of unbranched alkanes of at least 4 members (excludes halogenated alkanes) is 1. The number of para-hydroxylation sites is 1. The summed E-state index contributed by atoms with van der Waals surface area (Å²) < 4.78 is 31.3. The van der Waals surface area contributed by atoms with Crippen molar-refractivity contribution in [2.75, 3.05) is 30.8 Å². The van der Waals surface area contributed by atoms with Gasteiger partial charge < -0.3 is 15.0 Å². The van der Waals surface area contributed by atoms with Gasteiger partial charge in [-0.1, -0.05) is 50.6 Å². The lowest BCUT2D eigenvalue weighted by molar-refractivity contribution is -0.140. The van der Waals surface area contributed by atoms with Gasteiger partial charge in [0.2, 0.25) is 21.8 Å². The Morgan fingerprint density at radius 1 is 1.03 bits per heavy atom. The highest BCUT2D eigenvalue weighted by Crippen LogP contribution is 2.20. The van der Waals surface area contributed by atoms with E-state index >= 15 is 0 Å². The second-order valence-electron chi connectivity index (χ2n) is 8.04. The number of benzene rings is 2. The standard InChI is InChI=1S/C25H35N3O5S/c1-5-7-17-26-25(30)23(6-2)27(18-20-13-15-22(33-3)16-14-20)24(29)19-28(34(4,31)32)21-11-9-8-10-12-21/h8-16,23H,5-7,17-19H2,1-4H3,(H,26,30)/t23-/m1/s1. The van der Waals surface area contributed by atoms with Crippen LogP contribution in [0.15, 0.2) is 54.6 Å².